The molecule has 2 nitrogen and oxygen atoms in total. The Balaban J connectivity index is 2.20. The van der Waals surface area contributed by atoms with Crippen LogP contribution in [0.15, 0.2) is 24.3 Å². The molecule has 1 aromatic carbocycles. The van der Waals surface area contributed by atoms with Crippen molar-refractivity contribution in [3.8, 4) is 0 Å². The number of thiocarbonyl (C=S) groups is 1. The number of hydrogen-bond acceptors (Lipinski definition) is 2. The summed E-state index contributed by atoms with van der Waals surface area (Å²) in [5.41, 5.74) is 8.75. The molecular weight excluding hydrogens is 228 g/mol. The van der Waals surface area contributed by atoms with E-state index in [1.54, 1.807) is 0 Å². The van der Waals surface area contributed by atoms with Crippen molar-refractivity contribution in [3.63, 3.8) is 0 Å². The van der Waals surface area contributed by atoms with Gasteiger partial charge in [-0.3, -0.25) is 4.90 Å². The summed E-state index contributed by atoms with van der Waals surface area (Å²) in [6.07, 6.45) is 3.36. The molecule has 1 unspecified atom stereocenters. The molecule has 0 fully saturated rings. The SMILES string of the molecule is CCC(C(N)=S)N1CCCc2ccccc2C1. The Labute approximate surface area is 109 Å². The summed E-state index contributed by atoms with van der Waals surface area (Å²) < 4.78 is 0. The van der Waals surface area contributed by atoms with Crippen LogP contribution in [0, 0.1) is 0 Å². The molecule has 17 heavy (non-hydrogen) atoms. The minimum Gasteiger partial charge on any atom is -0.392 e. The average Bonchev–Trinajstić information content (AvgIpc) is 2.51. The molecule has 1 aliphatic heterocycles. The molecule has 0 spiro atoms. The first-order valence-electron chi connectivity index (χ1n) is 6.32. The number of hydrogen-bond donors (Lipinski definition) is 1. The molecule has 92 valence electrons. The van der Waals surface area contributed by atoms with Crippen LogP contribution >= 0.6 is 12.2 Å². The lowest BCUT2D eigenvalue weighted by Gasteiger charge is -2.29. The van der Waals surface area contributed by atoms with Crippen LogP contribution in [0.2, 0.25) is 0 Å². The van der Waals surface area contributed by atoms with Gasteiger partial charge in [0.25, 0.3) is 0 Å². The number of rotatable bonds is 3. The highest BCUT2D eigenvalue weighted by atomic mass is 32.1. The van der Waals surface area contributed by atoms with Crippen LogP contribution in [0.1, 0.15) is 30.9 Å². The number of benzene rings is 1. The number of aryl methyl sites for hydroxylation is 1. The highest BCUT2D eigenvalue weighted by Crippen LogP contribution is 2.21. The second-order valence-corrected chi connectivity index (χ2v) is 5.14. The molecule has 0 aromatic heterocycles. The standard InChI is InChI=1S/C14H20N2S/c1-2-13(14(15)17)16-9-5-8-11-6-3-4-7-12(11)10-16/h3-4,6-7,13H,2,5,8-10H2,1H3,(H2,15,17). The molecule has 0 radical (unpaired) electrons. The monoisotopic (exact) mass is 248 g/mol. The molecule has 1 aromatic rings. The largest absolute Gasteiger partial charge is 0.392 e. The van der Waals surface area contributed by atoms with E-state index in [0.29, 0.717) is 4.99 Å². The predicted octanol–water partition coefficient (Wildman–Crippen LogP) is 2.50. The summed E-state index contributed by atoms with van der Waals surface area (Å²) in [7, 11) is 0. The lowest BCUT2D eigenvalue weighted by molar-refractivity contribution is 0.232. The van der Waals surface area contributed by atoms with Gasteiger partial charge < -0.3 is 5.73 Å². The molecular formula is C14H20N2S. The molecule has 3 heteroatoms. The Kier molecular flexibility index (Phi) is 4.13. The maximum absolute atomic E-state index is 5.84. The van der Waals surface area contributed by atoms with Gasteiger partial charge in [-0.15, -0.1) is 0 Å². The van der Waals surface area contributed by atoms with Crippen LogP contribution in [0.3, 0.4) is 0 Å². The molecule has 2 rings (SSSR count). The minimum atomic E-state index is 0.246. The topological polar surface area (TPSA) is 29.3 Å². The van der Waals surface area contributed by atoms with Crippen molar-refractivity contribution in [3.05, 3.63) is 35.4 Å². The number of nitrogens with zero attached hydrogens (tertiary/aromatic N) is 1. The van der Waals surface area contributed by atoms with Crippen molar-refractivity contribution in [1.82, 2.24) is 4.90 Å². The third kappa shape index (κ3) is 2.85. The van der Waals surface area contributed by atoms with Crippen LogP contribution in [0.25, 0.3) is 0 Å². The Morgan fingerprint density at radius 2 is 2.12 bits per heavy atom. The quantitative estimate of drug-likeness (QED) is 0.833. The third-order valence-electron chi connectivity index (χ3n) is 3.54. The van der Waals surface area contributed by atoms with Crippen molar-refractivity contribution in [2.24, 2.45) is 5.73 Å². The summed E-state index contributed by atoms with van der Waals surface area (Å²) in [4.78, 5) is 3.06. The van der Waals surface area contributed by atoms with E-state index < -0.39 is 0 Å². The van der Waals surface area contributed by atoms with E-state index in [0.717, 1.165) is 19.5 Å². The summed E-state index contributed by atoms with van der Waals surface area (Å²) in [6, 6.07) is 8.94. The number of fused-ring (bicyclic) bond motifs is 1. The van der Waals surface area contributed by atoms with E-state index in [9.17, 15) is 0 Å². The Hall–Kier alpha value is -0.930. The fraction of sp³-hybridized carbons (Fsp3) is 0.500. The van der Waals surface area contributed by atoms with Crippen molar-refractivity contribution in [2.45, 2.75) is 38.8 Å². The van der Waals surface area contributed by atoms with Crippen LogP contribution in [-0.2, 0) is 13.0 Å². The van der Waals surface area contributed by atoms with Crippen LogP contribution < -0.4 is 5.73 Å². The molecule has 0 saturated carbocycles. The van der Waals surface area contributed by atoms with E-state index in [2.05, 4.69) is 36.1 Å². The van der Waals surface area contributed by atoms with Crippen molar-refractivity contribution in [1.29, 1.82) is 0 Å². The van der Waals surface area contributed by atoms with Gasteiger partial charge >= 0.3 is 0 Å². The van der Waals surface area contributed by atoms with E-state index in [4.69, 9.17) is 18.0 Å². The number of nitrogens with two attached hydrogens (primary N) is 1. The second-order valence-electron chi connectivity index (χ2n) is 4.67. The van der Waals surface area contributed by atoms with Crippen LogP contribution in [0.4, 0.5) is 0 Å². The molecule has 0 bridgehead atoms. The molecule has 2 N–H and O–H groups in total. The van der Waals surface area contributed by atoms with Gasteiger partial charge in [0, 0.05) is 6.54 Å². The maximum Gasteiger partial charge on any atom is 0.0902 e. The molecule has 1 heterocycles. The van der Waals surface area contributed by atoms with Crippen LogP contribution in [-0.4, -0.2) is 22.5 Å². The normalized spacial score (nSPS) is 18.2. The summed E-state index contributed by atoms with van der Waals surface area (Å²) in [5.74, 6) is 0. The zero-order chi connectivity index (χ0) is 12.3. The first-order valence-corrected chi connectivity index (χ1v) is 6.73. The molecule has 0 amide bonds. The summed E-state index contributed by atoms with van der Waals surface area (Å²) >= 11 is 5.18. The molecule has 0 saturated heterocycles. The third-order valence-corrected chi connectivity index (χ3v) is 3.81. The van der Waals surface area contributed by atoms with Gasteiger partial charge in [0.2, 0.25) is 0 Å². The van der Waals surface area contributed by atoms with Gasteiger partial charge in [-0.05, 0) is 36.9 Å². The van der Waals surface area contributed by atoms with E-state index in [1.807, 2.05) is 0 Å². The zero-order valence-electron chi connectivity index (χ0n) is 10.4. The highest BCUT2D eigenvalue weighted by molar-refractivity contribution is 7.80. The Bertz CT molecular complexity index is 403. The van der Waals surface area contributed by atoms with Crippen molar-refractivity contribution < 1.29 is 0 Å². The van der Waals surface area contributed by atoms with Gasteiger partial charge in [0.1, 0.15) is 0 Å². The van der Waals surface area contributed by atoms with Gasteiger partial charge in [0.15, 0.2) is 0 Å². The molecule has 0 aliphatic carbocycles. The Morgan fingerprint density at radius 3 is 2.76 bits per heavy atom. The molecule has 1 atom stereocenters. The van der Waals surface area contributed by atoms with Crippen molar-refractivity contribution in [2.75, 3.05) is 6.54 Å². The van der Waals surface area contributed by atoms with Crippen molar-refractivity contribution >= 4 is 17.2 Å². The second kappa shape index (κ2) is 5.61. The maximum atomic E-state index is 5.84. The first-order chi connectivity index (χ1) is 8.22. The van der Waals surface area contributed by atoms with Crippen LogP contribution in [0.5, 0.6) is 0 Å². The predicted molar refractivity (Wildman–Crippen MR) is 76.0 cm³/mol. The summed E-state index contributed by atoms with van der Waals surface area (Å²) in [6.45, 7) is 4.22. The minimum absolute atomic E-state index is 0.246. The van der Waals surface area contributed by atoms with E-state index >= 15 is 0 Å². The van der Waals surface area contributed by atoms with Gasteiger partial charge in [-0.1, -0.05) is 43.4 Å². The summed E-state index contributed by atoms with van der Waals surface area (Å²) in [5, 5.41) is 0. The zero-order valence-corrected chi connectivity index (χ0v) is 11.2. The smallest absolute Gasteiger partial charge is 0.0902 e. The fourth-order valence-corrected chi connectivity index (χ4v) is 2.95. The van der Waals surface area contributed by atoms with E-state index in [1.165, 1.54) is 24.0 Å². The van der Waals surface area contributed by atoms with Gasteiger partial charge in [-0.25, -0.2) is 0 Å². The average molecular weight is 248 g/mol. The van der Waals surface area contributed by atoms with Gasteiger partial charge in [-0.2, -0.15) is 0 Å². The first kappa shape index (κ1) is 12.5. The Morgan fingerprint density at radius 1 is 1.41 bits per heavy atom. The highest BCUT2D eigenvalue weighted by Gasteiger charge is 2.22. The lowest BCUT2D eigenvalue weighted by atomic mass is 10.0. The molecule has 1 aliphatic rings. The van der Waals surface area contributed by atoms with Gasteiger partial charge in [0.05, 0.1) is 11.0 Å². The lowest BCUT2D eigenvalue weighted by Crippen LogP contribution is -2.43. The fourth-order valence-electron chi connectivity index (χ4n) is 2.63. The van der Waals surface area contributed by atoms with E-state index in [-0.39, 0.29) is 6.04 Å².